The Morgan fingerprint density at radius 3 is 2.71 bits per heavy atom. The Morgan fingerprint density at radius 2 is 2.00 bits per heavy atom. The van der Waals surface area contributed by atoms with Crippen molar-refractivity contribution in [2.45, 2.75) is 13.0 Å². The summed E-state index contributed by atoms with van der Waals surface area (Å²) in [6.45, 7) is 6.77. The predicted molar refractivity (Wildman–Crippen MR) is 55.4 cm³/mol. The average molecular weight is 191 g/mol. The van der Waals surface area contributed by atoms with Crippen molar-refractivity contribution in [3.8, 4) is 11.5 Å². The van der Waals surface area contributed by atoms with E-state index in [1.165, 1.54) is 0 Å². The van der Waals surface area contributed by atoms with Crippen molar-refractivity contribution in [1.82, 2.24) is 0 Å². The highest BCUT2D eigenvalue weighted by molar-refractivity contribution is 5.45. The van der Waals surface area contributed by atoms with E-state index in [9.17, 15) is 0 Å². The standard InChI is InChI=1S/C11H13NO2/c1-8(12-2)9-3-4-10-11(7-9)14-6-5-13-10/h3-4,7-8H,2,5-6H2,1H3/t8-/m0/s1. The van der Waals surface area contributed by atoms with Gasteiger partial charge in [0.25, 0.3) is 0 Å². The first-order chi connectivity index (χ1) is 6.81. The molecule has 74 valence electrons. The fourth-order valence-electron chi connectivity index (χ4n) is 1.43. The van der Waals surface area contributed by atoms with Crippen molar-refractivity contribution < 1.29 is 9.47 Å². The molecule has 14 heavy (non-hydrogen) atoms. The third-order valence-electron chi connectivity index (χ3n) is 2.32. The van der Waals surface area contributed by atoms with Crippen LogP contribution in [0.5, 0.6) is 11.5 Å². The minimum absolute atomic E-state index is 0.103. The van der Waals surface area contributed by atoms with Gasteiger partial charge in [-0.05, 0) is 31.3 Å². The molecular formula is C11H13NO2. The predicted octanol–water partition coefficient (Wildman–Crippen LogP) is 2.22. The van der Waals surface area contributed by atoms with Crippen LogP contribution in [0, 0.1) is 0 Å². The topological polar surface area (TPSA) is 30.8 Å². The van der Waals surface area contributed by atoms with Crippen LogP contribution in [0.1, 0.15) is 18.5 Å². The summed E-state index contributed by atoms with van der Waals surface area (Å²) in [7, 11) is 0. The normalized spacial score (nSPS) is 16.1. The molecule has 2 rings (SSSR count). The van der Waals surface area contributed by atoms with Gasteiger partial charge in [0, 0.05) is 0 Å². The smallest absolute Gasteiger partial charge is 0.161 e. The second-order valence-electron chi connectivity index (χ2n) is 3.26. The molecule has 3 nitrogen and oxygen atoms in total. The van der Waals surface area contributed by atoms with E-state index in [0.717, 1.165) is 17.1 Å². The molecule has 0 fully saturated rings. The zero-order chi connectivity index (χ0) is 9.97. The van der Waals surface area contributed by atoms with Crippen LogP contribution in [0.4, 0.5) is 0 Å². The molecule has 0 aromatic heterocycles. The van der Waals surface area contributed by atoms with Crippen LogP contribution in [0.2, 0.25) is 0 Å². The molecule has 1 aliphatic heterocycles. The van der Waals surface area contributed by atoms with Crippen molar-refractivity contribution in [3.05, 3.63) is 23.8 Å². The second kappa shape index (κ2) is 3.70. The number of fused-ring (bicyclic) bond motifs is 1. The maximum Gasteiger partial charge on any atom is 0.161 e. The van der Waals surface area contributed by atoms with E-state index in [2.05, 4.69) is 11.7 Å². The molecule has 0 saturated heterocycles. The van der Waals surface area contributed by atoms with E-state index in [1.807, 2.05) is 25.1 Å². The number of rotatable bonds is 2. The van der Waals surface area contributed by atoms with E-state index < -0.39 is 0 Å². The number of hydrogen-bond acceptors (Lipinski definition) is 3. The number of hydrogen-bond donors (Lipinski definition) is 0. The highest BCUT2D eigenvalue weighted by Crippen LogP contribution is 2.33. The molecule has 0 unspecified atom stereocenters. The summed E-state index contributed by atoms with van der Waals surface area (Å²) in [5.41, 5.74) is 1.10. The maximum absolute atomic E-state index is 5.47. The molecule has 1 aliphatic rings. The molecule has 3 heteroatoms. The van der Waals surface area contributed by atoms with Gasteiger partial charge in [-0.15, -0.1) is 0 Å². The number of benzene rings is 1. The molecule has 0 amide bonds. The summed E-state index contributed by atoms with van der Waals surface area (Å²) < 4.78 is 10.9. The van der Waals surface area contributed by atoms with Crippen LogP contribution in [-0.2, 0) is 0 Å². The van der Waals surface area contributed by atoms with Gasteiger partial charge in [-0.2, -0.15) is 0 Å². The Hall–Kier alpha value is -1.51. The van der Waals surface area contributed by atoms with Crippen molar-refractivity contribution in [2.24, 2.45) is 4.99 Å². The van der Waals surface area contributed by atoms with Crippen LogP contribution >= 0.6 is 0 Å². The third kappa shape index (κ3) is 1.58. The average Bonchev–Trinajstić information content (AvgIpc) is 2.27. The lowest BCUT2D eigenvalue weighted by atomic mass is 10.1. The first-order valence-electron chi connectivity index (χ1n) is 4.66. The molecule has 0 N–H and O–H groups in total. The summed E-state index contributed by atoms with van der Waals surface area (Å²) in [4.78, 5) is 3.96. The largest absolute Gasteiger partial charge is 0.486 e. The zero-order valence-corrected chi connectivity index (χ0v) is 8.19. The summed E-state index contributed by atoms with van der Waals surface area (Å²) in [5, 5.41) is 0. The molecule has 0 aliphatic carbocycles. The van der Waals surface area contributed by atoms with Gasteiger partial charge >= 0.3 is 0 Å². The monoisotopic (exact) mass is 191 g/mol. The lowest BCUT2D eigenvalue weighted by molar-refractivity contribution is 0.171. The van der Waals surface area contributed by atoms with Crippen molar-refractivity contribution in [2.75, 3.05) is 13.2 Å². The fourth-order valence-corrected chi connectivity index (χ4v) is 1.43. The lowest BCUT2D eigenvalue weighted by Gasteiger charge is -2.19. The Kier molecular flexibility index (Phi) is 2.39. The summed E-state index contributed by atoms with van der Waals surface area (Å²) in [6, 6.07) is 5.98. The van der Waals surface area contributed by atoms with Crippen molar-refractivity contribution in [3.63, 3.8) is 0 Å². The van der Waals surface area contributed by atoms with E-state index in [-0.39, 0.29) is 6.04 Å². The SMILES string of the molecule is C=N[C@@H](C)c1ccc2c(c1)OCCO2. The van der Waals surface area contributed by atoms with Gasteiger partial charge in [0.1, 0.15) is 13.2 Å². The van der Waals surface area contributed by atoms with Gasteiger partial charge in [0.15, 0.2) is 11.5 Å². The maximum atomic E-state index is 5.47. The molecule has 0 spiro atoms. The number of aliphatic imine (C=N–C) groups is 1. The minimum atomic E-state index is 0.103. The minimum Gasteiger partial charge on any atom is -0.486 e. The molecule has 0 saturated carbocycles. The molecule has 1 aromatic carbocycles. The fraction of sp³-hybridized carbons (Fsp3) is 0.364. The highest BCUT2D eigenvalue weighted by Gasteiger charge is 2.13. The summed E-state index contributed by atoms with van der Waals surface area (Å²) >= 11 is 0. The van der Waals surface area contributed by atoms with E-state index in [4.69, 9.17) is 9.47 Å². The highest BCUT2D eigenvalue weighted by atomic mass is 16.6. The zero-order valence-electron chi connectivity index (χ0n) is 8.19. The molecule has 0 radical (unpaired) electrons. The van der Waals surface area contributed by atoms with E-state index in [1.54, 1.807) is 0 Å². The summed E-state index contributed by atoms with van der Waals surface area (Å²) in [5.74, 6) is 1.63. The Bertz CT molecular complexity index is 349. The summed E-state index contributed by atoms with van der Waals surface area (Å²) in [6.07, 6.45) is 0. The Balaban J connectivity index is 2.33. The van der Waals surface area contributed by atoms with Crippen LogP contribution in [0.15, 0.2) is 23.2 Å². The second-order valence-corrected chi connectivity index (χ2v) is 3.26. The van der Waals surface area contributed by atoms with Crippen LogP contribution in [-0.4, -0.2) is 19.9 Å². The van der Waals surface area contributed by atoms with Gasteiger partial charge in [0.2, 0.25) is 0 Å². The third-order valence-corrected chi connectivity index (χ3v) is 2.32. The molecule has 1 aromatic rings. The first kappa shape index (κ1) is 9.06. The molecule has 1 heterocycles. The quantitative estimate of drug-likeness (QED) is 0.671. The van der Waals surface area contributed by atoms with Crippen LogP contribution < -0.4 is 9.47 Å². The lowest BCUT2D eigenvalue weighted by Crippen LogP contribution is -2.15. The number of nitrogens with zero attached hydrogens (tertiary/aromatic N) is 1. The van der Waals surface area contributed by atoms with Gasteiger partial charge in [0.05, 0.1) is 6.04 Å². The van der Waals surface area contributed by atoms with E-state index in [0.29, 0.717) is 13.2 Å². The van der Waals surface area contributed by atoms with Crippen LogP contribution in [0.3, 0.4) is 0 Å². The van der Waals surface area contributed by atoms with Gasteiger partial charge in [-0.3, -0.25) is 4.99 Å². The van der Waals surface area contributed by atoms with Crippen molar-refractivity contribution in [1.29, 1.82) is 0 Å². The van der Waals surface area contributed by atoms with Gasteiger partial charge < -0.3 is 9.47 Å². The molecule has 1 atom stereocenters. The first-order valence-corrected chi connectivity index (χ1v) is 4.66. The van der Waals surface area contributed by atoms with Crippen molar-refractivity contribution >= 4 is 6.72 Å². The Labute approximate surface area is 83.4 Å². The molecule has 0 bridgehead atoms. The van der Waals surface area contributed by atoms with Crippen LogP contribution in [0.25, 0.3) is 0 Å². The van der Waals surface area contributed by atoms with Gasteiger partial charge in [-0.25, -0.2) is 0 Å². The Morgan fingerprint density at radius 1 is 1.29 bits per heavy atom. The number of ether oxygens (including phenoxy) is 2. The molecular weight excluding hydrogens is 178 g/mol. The van der Waals surface area contributed by atoms with E-state index >= 15 is 0 Å². The van der Waals surface area contributed by atoms with Gasteiger partial charge in [-0.1, -0.05) is 6.07 Å².